The molecule has 5 rings (SSSR count). The van der Waals surface area contributed by atoms with Gasteiger partial charge in [-0.25, -0.2) is 5.06 Å². The summed E-state index contributed by atoms with van der Waals surface area (Å²) in [5, 5.41) is 4.50. The third-order valence-corrected chi connectivity index (χ3v) is 6.39. The number of para-hydroxylation sites is 2. The van der Waals surface area contributed by atoms with Crippen molar-refractivity contribution in [1.82, 2.24) is 4.57 Å². The maximum absolute atomic E-state index is 5.81. The van der Waals surface area contributed by atoms with Crippen LogP contribution in [0, 0.1) is 0 Å². The van der Waals surface area contributed by atoms with E-state index in [0.717, 1.165) is 18.8 Å². The molecule has 3 aromatic carbocycles. The molecule has 0 saturated carbocycles. The summed E-state index contributed by atoms with van der Waals surface area (Å²) in [5.41, 5.74) is 7.17. The van der Waals surface area contributed by atoms with E-state index < -0.39 is 0 Å². The second-order valence-electron chi connectivity index (χ2n) is 8.54. The Bertz CT molecular complexity index is 1370. The van der Waals surface area contributed by atoms with Crippen LogP contribution in [0.5, 0.6) is 0 Å². The lowest BCUT2D eigenvalue weighted by molar-refractivity contribution is 0.0673. The molecule has 0 aliphatic carbocycles. The van der Waals surface area contributed by atoms with E-state index in [1.807, 2.05) is 12.0 Å². The lowest BCUT2D eigenvalue weighted by Gasteiger charge is -2.28. The van der Waals surface area contributed by atoms with Gasteiger partial charge in [-0.2, -0.15) is 0 Å². The number of hydrogen-bond donors (Lipinski definition) is 0. The van der Waals surface area contributed by atoms with Gasteiger partial charge in [0.05, 0.1) is 38.7 Å². The number of fused-ring (bicyclic) bond motifs is 4. The number of aromatic nitrogens is 1. The van der Waals surface area contributed by atoms with Crippen LogP contribution in [-0.2, 0) is 20.9 Å². The maximum atomic E-state index is 5.81. The van der Waals surface area contributed by atoms with Gasteiger partial charge < -0.3 is 14.0 Å². The van der Waals surface area contributed by atoms with Crippen molar-refractivity contribution >= 4 is 39.1 Å². The first-order valence-corrected chi connectivity index (χ1v) is 12.3. The van der Waals surface area contributed by atoms with E-state index in [0.29, 0.717) is 26.4 Å². The number of methoxy groups -OCH3 is 1. The summed E-state index contributed by atoms with van der Waals surface area (Å²) in [7, 11) is 1.70. The molecule has 0 bridgehead atoms. The quantitative estimate of drug-likeness (QED) is 0.255. The van der Waals surface area contributed by atoms with Gasteiger partial charge >= 0.3 is 0 Å². The normalized spacial score (nSPS) is 13.7. The Hall–Kier alpha value is -3.38. The highest BCUT2D eigenvalue weighted by molar-refractivity contribution is 6.08. The highest BCUT2D eigenvalue weighted by Gasteiger charge is 2.17. The lowest BCUT2D eigenvalue weighted by Crippen LogP contribution is -2.27. The smallest absolute Gasteiger partial charge is 0.0720 e. The summed E-state index contributed by atoms with van der Waals surface area (Å²) in [6.07, 6.45) is 6.65. The average molecular weight is 469 g/mol. The van der Waals surface area contributed by atoms with Crippen molar-refractivity contribution in [3.63, 3.8) is 0 Å². The van der Waals surface area contributed by atoms with Gasteiger partial charge in [0.1, 0.15) is 0 Å². The van der Waals surface area contributed by atoms with Crippen LogP contribution in [0.4, 0.5) is 5.69 Å². The van der Waals surface area contributed by atoms with Crippen LogP contribution in [-0.4, -0.2) is 44.6 Å². The first-order chi connectivity index (χ1) is 17.3. The Balaban J connectivity index is 1.43. The number of hydrogen-bond acceptors (Lipinski definition) is 4. The molecule has 0 atom stereocenters. The fourth-order valence-corrected chi connectivity index (χ4v) is 4.76. The zero-order valence-electron chi connectivity index (χ0n) is 20.4. The van der Waals surface area contributed by atoms with E-state index >= 15 is 0 Å². The minimum absolute atomic E-state index is 0.615. The molecule has 4 aromatic rings. The number of rotatable bonds is 10. The number of hydroxylamine groups is 1. The predicted molar refractivity (Wildman–Crippen MR) is 145 cm³/mol. The van der Waals surface area contributed by atoms with Crippen LogP contribution in [0.2, 0.25) is 0 Å². The monoisotopic (exact) mass is 468 g/mol. The van der Waals surface area contributed by atoms with Crippen LogP contribution in [0.1, 0.15) is 18.1 Å². The first-order valence-electron chi connectivity index (χ1n) is 12.3. The van der Waals surface area contributed by atoms with E-state index in [2.05, 4.69) is 89.5 Å². The Morgan fingerprint density at radius 1 is 0.857 bits per heavy atom. The molecule has 0 amide bonds. The molecule has 0 saturated heterocycles. The van der Waals surface area contributed by atoms with Crippen molar-refractivity contribution in [3.8, 4) is 0 Å². The van der Waals surface area contributed by atoms with Gasteiger partial charge in [-0.05, 0) is 42.3 Å². The summed E-state index contributed by atoms with van der Waals surface area (Å²) in [5.74, 6) is 0. The highest BCUT2D eigenvalue weighted by atomic mass is 16.7. The number of benzene rings is 3. The van der Waals surface area contributed by atoms with Crippen molar-refractivity contribution in [2.24, 2.45) is 0 Å². The fourth-order valence-electron chi connectivity index (χ4n) is 4.76. The van der Waals surface area contributed by atoms with E-state index in [1.54, 1.807) is 7.11 Å². The van der Waals surface area contributed by atoms with Crippen LogP contribution in [0.15, 0.2) is 78.9 Å². The van der Waals surface area contributed by atoms with Crippen LogP contribution in [0.25, 0.3) is 33.5 Å². The largest absolute Gasteiger partial charge is 0.382 e. The van der Waals surface area contributed by atoms with Gasteiger partial charge in [-0.1, -0.05) is 60.7 Å². The molecular weight excluding hydrogens is 436 g/mol. The van der Waals surface area contributed by atoms with E-state index in [-0.39, 0.29) is 0 Å². The molecule has 5 heteroatoms. The second kappa shape index (κ2) is 10.9. The molecule has 0 fully saturated rings. The molecule has 0 radical (unpaired) electrons. The van der Waals surface area contributed by atoms with Gasteiger partial charge in [0.2, 0.25) is 0 Å². The summed E-state index contributed by atoms with van der Waals surface area (Å²) < 4.78 is 13.2. The minimum atomic E-state index is 0.615. The van der Waals surface area contributed by atoms with Crippen LogP contribution >= 0.6 is 0 Å². The van der Waals surface area contributed by atoms with Crippen molar-refractivity contribution in [2.45, 2.75) is 13.5 Å². The first kappa shape index (κ1) is 23.4. The van der Waals surface area contributed by atoms with Crippen molar-refractivity contribution in [1.29, 1.82) is 0 Å². The zero-order chi connectivity index (χ0) is 24.0. The second-order valence-corrected chi connectivity index (χ2v) is 8.54. The molecule has 180 valence electrons. The summed E-state index contributed by atoms with van der Waals surface area (Å²) in [4.78, 5) is 5.81. The van der Waals surface area contributed by atoms with E-state index in [1.165, 1.54) is 38.5 Å². The van der Waals surface area contributed by atoms with Crippen LogP contribution < -0.4 is 5.06 Å². The van der Waals surface area contributed by atoms with Gasteiger partial charge in [0.15, 0.2) is 0 Å². The Labute approximate surface area is 206 Å². The van der Waals surface area contributed by atoms with Crippen molar-refractivity contribution in [2.75, 3.05) is 45.1 Å². The number of anilines is 1. The van der Waals surface area contributed by atoms with Crippen LogP contribution in [0.3, 0.4) is 0 Å². The Morgan fingerprint density at radius 2 is 1.69 bits per heavy atom. The molecular formula is C30H32N2O3. The molecule has 0 N–H and O–H groups in total. The summed E-state index contributed by atoms with van der Waals surface area (Å²) >= 11 is 0. The molecule has 5 nitrogen and oxygen atoms in total. The summed E-state index contributed by atoms with van der Waals surface area (Å²) in [6, 6.07) is 23.7. The zero-order valence-corrected chi connectivity index (χ0v) is 20.4. The minimum Gasteiger partial charge on any atom is -0.382 e. The molecule has 1 aliphatic rings. The van der Waals surface area contributed by atoms with Crippen molar-refractivity contribution in [3.05, 3.63) is 90.0 Å². The van der Waals surface area contributed by atoms with Gasteiger partial charge in [-0.3, -0.25) is 4.84 Å². The summed E-state index contributed by atoms with van der Waals surface area (Å²) in [6.45, 7) is 6.11. The average Bonchev–Trinajstić information content (AvgIpc) is 3.21. The highest BCUT2D eigenvalue weighted by Crippen LogP contribution is 2.34. The van der Waals surface area contributed by atoms with Gasteiger partial charge in [-0.15, -0.1) is 0 Å². The third-order valence-electron chi connectivity index (χ3n) is 6.39. The van der Waals surface area contributed by atoms with Gasteiger partial charge in [0, 0.05) is 41.0 Å². The fraction of sp³-hybridized carbons (Fsp3) is 0.267. The molecule has 0 spiro atoms. The Morgan fingerprint density at radius 3 is 2.57 bits per heavy atom. The number of ether oxygens (including phenoxy) is 2. The third kappa shape index (κ3) is 4.89. The molecule has 2 heterocycles. The van der Waals surface area contributed by atoms with E-state index in [4.69, 9.17) is 14.3 Å². The SMILES string of the molecule is CCON1CC=C(C=Cc2ccc3c(c2)c2ccccc2n3CCOCCOC)c2ccccc21. The lowest BCUT2D eigenvalue weighted by atomic mass is 9.98. The topological polar surface area (TPSA) is 35.9 Å². The molecule has 1 aromatic heterocycles. The predicted octanol–water partition coefficient (Wildman–Crippen LogP) is 6.33. The van der Waals surface area contributed by atoms with E-state index in [9.17, 15) is 0 Å². The van der Waals surface area contributed by atoms with Crippen molar-refractivity contribution < 1.29 is 14.3 Å². The molecule has 35 heavy (non-hydrogen) atoms. The van der Waals surface area contributed by atoms with Gasteiger partial charge in [0.25, 0.3) is 0 Å². The molecule has 1 aliphatic heterocycles. The molecule has 0 unspecified atom stereocenters. The Kier molecular flexibility index (Phi) is 7.28. The number of nitrogens with zero attached hydrogens (tertiary/aromatic N) is 2. The number of allylic oxidation sites excluding steroid dienone is 2. The standard InChI is InChI=1S/C30H32N2O3/c1-3-35-32-17-16-24(25-8-4-7-11-30(25)32)14-12-23-13-15-29-27(22-23)26-9-5-6-10-28(26)31(29)18-19-34-21-20-33-2/h4-16,22H,3,17-21H2,1-2H3. The maximum Gasteiger partial charge on any atom is 0.0720 e.